The Labute approximate surface area is 191 Å². The highest BCUT2D eigenvalue weighted by molar-refractivity contribution is 8.00. The third-order valence-electron chi connectivity index (χ3n) is 5.94. The van der Waals surface area contributed by atoms with Gasteiger partial charge in [0.25, 0.3) is 0 Å². The lowest BCUT2D eigenvalue weighted by molar-refractivity contribution is -0.122. The van der Waals surface area contributed by atoms with Crippen LogP contribution in [0.25, 0.3) is 0 Å². The van der Waals surface area contributed by atoms with E-state index >= 15 is 0 Å². The Bertz CT molecular complexity index is 563. The highest BCUT2D eigenvalue weighted by atomic mass is 32.2. The number of hydrogen-bond acceptors (Lipinski definition) is 5. The zero-order valence-corrected chi connectivity index (χ0v) is 19.6. The lowest BCUT2D eigenvalue weighted by Crippen LogP contribution is -2.36. The molecule has 0 aliphatic carbocycles. The summed E-state index contributed by atoms with van der Waals surface area (Å²) in [4.78, 5) is 35.1. The fraction of sp³-hybridized carbons (Fsp3) is 0.864. The summed E-state index contributed by atoms with van der Waals surface area (Å²) in [6.07, 6.45) is 11.1. The number of unbranched alkanes of at least 4 members (excludes halogenated alkanes) is 6. The van der Waals surface area contributed by atoms with Gasteiger partial charge in [-0.25, -0.2) is 4.79 Å². The Morgan fingerprint density at radius 1 is 0.871 bits per heavy atom. The minimum Gasteiger partial charge on any atom is -0.356 e. The number of thioether (sulfide) groups is 1. The predicted molar refractivity (Wildman–Crippen MR) is 126 cm³/mol. The summed E-state index contributed by atoms with van der Waals surface area (Å²) in [6, 6.07) is 0.465. The Morgan fingerprint density at radius 3 is 2.16 bits per heavy atom. The van der Waals surface area contributed by atoms with Crippen LogP contribution in [-0.4, -0.2) is 60.6 Å². The van der Waals surface area contributed by atoms with E-state index in [9.17, 15) is 14.4 Å². The average Bonchev–Trinajstić information content (AvgIpc) is 3.29. The largest absolute Gasteiger partial charge is 0.356 e. The standard InChI is InChI=1S/C22H41N5O3S/c23-13-7-1-2-8-14-24-19(28)11-4-3-9-15-25-20(29)12-6-5-10-18-21-17(16-31-18)26-22(30)27-21/h17-18,21H,1-16,23H2,(H,24,28)(H,25,29)(H2,26,27,30). The van der Waals surface area contributed by atoms with E-state index in [1.165, 1.54) is 0 Å². The lowest BCUT2D eigenvalue weighted by atomic mass is 10.0. The number of hydrogen-bond donors (Lipinski definition) is 5. The van der Waals surface area contributed by atoms with Crippen molar-refractivity contribution in [3.63, 3.8) is 0 Å². The van der Waals surface area contributed by atoms with Gasteiger partial charge in [-0.15, -0.1) is 0 Å². The molecule has 4 amide bonds. The maximum Gasteiger partial charge on any atom is 0.315 e. The van der Waals surface area contributed by atoms with E-state index in [-0.39, 0.29) is 29.9 Å². The Morgan fingerprint density at radius 2 is 1.48 bits per heavy atom. The molecule has 2 rings (SSSR count). The number of carbonyl (C=O) groups excluding carboxylic acids is 3. The molecule has 2 aliphatic rings. The van der Waals surface area contributed by atoms with E-state index in [0.29, 0.717) is 24.6 Å². The molecule has 2 aliphatic heterocycles. The first kappa shape index (κ1) is 25.8. The molecule has 8 nitrogen and oxygen atoms in total. The van der Waals surface area contributed by atoms with Crippen molar-refractivity contribution in [1.82, 2.24) is 21.3 Å². The van der Waals surface area contributed by atoms with Gasteiger partial charge in [-0.2, -0.15) is 11.8 Å². The smallest absolute Gasteiger partial charge is 0.315 e. The van der Waals surface area contributed by atoms with Gasteiger partial charge in [0.1, 0.15) is 0 Å². The van der Waals surface area contributed by atoms with E-state index < -0.39 is 0 Å². The van der Waals surface area contributed by atoms with Gasteiger partial charge in [0, 0.05) is 36.9 Å². The molecule has 3 unspecified atom stereocenters. The van der Waals surface area contributed by atoms with Crippen LogP contribution in [0.1, 0.15) is 77.0 Å². The zero-order valence-electron chi connectivity index (χ0n) is 18.8. The van der Waals surface area contributed by atoms with Gasteiger partial charge in [0.05, 0.1) is 12.1 Å². The average molecular weight is 456 g/mol. The molecule has 6 N–H and O–H groups in total. The second kappa shape index (κ2) is 15.3. The number of nitrogens with one attached hydrogen (secondary N) is 4. The highest BCUT2D eigenvalue weighted by Gasteiger charge is 2.42. The molecule has 3 atom stereocenters. The quantitative estimate of drug-likeness (QED) is 0.169. The summed E-state index contributed by atoms with van der Waals surface area (Å²) in [5, 5.41) is 12.4. The molecule has 0 saturated carbocycles. The first-order valence-corrected chi connectivity index (χ1v) is 13.1. The van der Waals surface area contributed by atoms with E-state index in [2.05, 4.69) is 21.3 Å². The van der Waals surface area contributed by atoms with Crippen molar-refractivity contribution in [3.05, 3.63) is 0 Å². The topological polar surface area (TPSA) is 125 Å². The summed E-state index contributed by atoms with van der Waals surface area (Å²) in [5.41, 5.74) is 5.46. The highest BCUT2D eigenvalue weighted by Crippen LogP contribution is 2.33. The monoisotopic (exact) mass is 455 g/mol. The van der Waals surface area contributed by atoms with Crippen LogP contribution < -0.4 is 27.0 Å². The van der Waals surface area contributed by atoms with Crippen molar-refractivity contribution >= 4 is 29.6 Å². The molecular formula is C22H41N5O3S. The van der Waals surface area contributed by atoms with Gasteiger partial charge >= 0.3 is 6.03 Å². The molecule has 31 heavy (non-hydrogen) atoms. The van der Waals surface area contributed by atoms with E-state index in [0.717, 1.165) is 83.1 Å². The summed E-state index contributed by atoms with van der Waals surface area (Å²) >= 11 is 1.92. The van der Waals surface area contributed by atoms with E-state index in [4.69, 9.17) is 5.73 Å². The number of urea groups is 1. The van der Waals surface area contributed by atoms with Gasteiger partial charge in [-0.1, -0.05) is 25.7 Å². The number of amides is 4. The Hall–Kier alpha value is -1.48. The number of rotatable bonds is 17. The van der Waals surface area contributed by atoms with E-state index in [1.807, 2.05) is 11.8 Å². The van der Waals surface area contributed by atoms with Crippen LogP contribution in [0.15, 0.2) is 0 Å². The maximum atomic E-state index is 12.0. The van der Waals surface area contributed by atoms with Crippen LogP contribution in [0.3, 0.4) is 0 Å². The molecule has 2 saturated heterocycles. The molecule has 2 fully saturated rings. The molecule has 0 aromatic heterocycles. The molecule has 0 aromatic rings. The van der Waals surface area contributed by atoms with Crippen LogP contribution in [0.4, 0.5) is 4.79 Å². The van der Waals surface area contributed by atoms with Gasteiger partial charge in [-0.05, 0) is 45.1 Å². The first-order valence-electron chi connectivity index (χ1n) is 12.0. The number of nitrogens with two attached hydrogens (primary N) is 1. The van der Waals surface area contributed by atoms with Crippen molar-refractivity contribution in [2.24, 2.45) is 5.73 Å². The second-order valence-electron chi connectivity index (χ2n) is 8.58. The van der Waals surface area contributed by atoms with Crippen LogP contribution in [-0.2, 0) is 9.59 Å². The SMILES string of the molecule is NCCCCCCNC(=O)CCCCCNC(=O)CCCCC1SCC2NC(=O)NC21. The van der Waals surface area contributed by atoms with Crippen LogP contribution in [0.5, 0.6) is 0 Å². The summed E-state index contributed by atoms with van der Waals surface area (Å²) in [6.45, 7) is 2.18. The van der Waals surface area contributed by atoms with Crippen molar-refractivity contribution in [1.29, 1.82) is 0 Å². The molecule has 178 valence electrons. The summed E-state index contributed by atoms with van der Waals surface area (Å²) in [7, 11) is 0. The Balaban J connectivity index is 1.35. The lowest BCUT2D eigenvalue weighted by Gasteiger charge is -2.16. The van der Waals surface area contributed by atoms with Crippen molar-refractivity contribution < 1.29 is 14.4 Å². The second-order valence-corrected chi connectivity index (χ2v) is 9.85. The Kier molecular flexibility index (Phi) is 12.8. The zero-order chi connectivity index (χ0) is 22.3. The van der Waals surface area contributed by atoms with Gasteiger partial charge in [0.15, 0.2) is 0 Å². The fourth-order valence-corrected chi connectivity index (χ4v) is 5.66. The van der Waals surface area contributed by atoms with Crippen LogP contribution in [0.2, 0.25) is 0 Å². The molecule has 2 heterocycles. The normalized spacial score (nSPS) is 22.0. The number of fused-ring (bicyclic) bond motifs is 1. The third-order valence-corrected chi connectivity index (χ3v) is 7.45. The van der Waals surface area contributed by atoms with Crippen molar-refractivity contribution in [3.8, 4) is 0 Å². The van der Waals surface area contributed by atoms with Crippen molar-refractivity contribution in [2.75, 3.05) is 25.4 Å². The van der Waals surface area contributed by atoms with Gasteiger partial charge in [-0.3, -0.25) is 9.59 Å². The minimum absolute atomic E-state index is 0.0469. The number of carbonyl (C=O) groups is 3. The molecule has 0 radical (unpaired) electrons. The molecule has 9 heteroatoms. The van der Waals surface area contributed by atoms with Crippen molar-refractivity contribution in [2.45, 2.75) is 94.4 Å². The van der Waals surface area contributed by atoms with Crippen LogP contribution >= 0.6 is 11.8 Å². The van der Waals surface area contributed by atoms with E-state index in [1.54, 1.807) is 0 Å². The molecule has 0 spiro atoms. The minimum atomic E-state index is -0.0469. The summed E-state index contributed by atoms with van der Waals surface area (Å²) in [5.74, 6) is 1.22. The summed E-state index contributed by atoms with van der Waals surface area (Å²) < 4.78 is 0. The van der Waals surface area contributed by atoms with Gasteiger partial charge < -0.3 is 27.0 Å². The molecule has 0 bridgehead atoms. The fourth-order valence-electron chi connectivity index (χ4n) is 4.12. The molecule has 0 aromatic carbocycles. The van der Waals surface area contributed by atoms with Gasteiger partial charge in [0.2, 0.25) is 11.8 Å². The first-order chi connectivity index (χ1) is 15.1. The maximum absolute atomic E-state index is 12.0. The molecular weight excluding hydrogens is 414 g/mol. The van der Waals surface area contributed by atoms with Crippen LogP contribution in [0, 0.1) is 0 Å². The predicted octanol–water partition coefficient (Wildman–Crippen LogP) is 2.02. The third kappa shape index (κ3) is 10.6.